The molecule has 126 valence electrons. The van der Waals surface area contributed by atoms with Crippen molar-refractivity contribution in [1.82, 2.24) is 20.2 Å². The Morgan fingerprint density at radius 2 is 2.04 bits per heavy atom. The van der Waals surface area contributed by atoms with Crippen molar-refractivity contribution in [2.75, 3.05) is 19.6 Å². The fourth-order valence-electron chi connectivity index (χ4n) is 2.50. The van der Waals surface area contributed by atoms with E-state index in [2.05, 4.69) is 15.6 Å². The minimum atomic E-state index is -0.399. The number of aliphatic hydroxyl groups excluding tert-OH is 1. The first-order chi connectivity index (χ1) is 10.3. The van der Waals surface area contributed by atoms with Gasteiger partial charge in [-0.15, -0.1) is 24.8 Å². The predicted molar refractivity (Wildman–Crippen MR) is 92.8 cm³/mol. The number of benzene rings is 1. The van der Waals surface area contributed by atoms with Crippen LogP contribution >= 0.6 is 24.8 Å². The topological polar surface area (TPSA) is 79.2 Å². The molecule has 2 unspecified atom stereocenters. The van der Waals surface area contributed by atoms with Gasteiger partial charge in [0, 0.05) is 31.2 Å². The smallest absolute Gasteiger partial charge is 0.269 e. The zero-order chi connectivity index (χ0) is 14.7. The van der Waals surface area contributed by atoms with Gasteiger partial charge in [0.2, 0.25) is 0 Å². The zero-order valence-electron chi connectivity index (χ0n) is 12.4. The van der Waals surface area contributed by atoms with Gasteiger partial charge in [0.05, 0.1) is 18.6 Å². The molecule has 2 aromatic rings. The fourth-order valence-corrected chi connectivity index (χ4v) is 2.50. The maximum Gasteiger partial charge on any atom is 0.269 e. The molecule has 23 heavy (non-hydrogen) atoms. The number of nitrogens with zero attached hydrogens (tertiary/aromatic N) is 2. The summed E-state index contributed by atoms with van der Waals surface area (Å²) < 4.78 is 1.75. The number of hydrogen-bond acceptors (Lipinski definition) is 4. The van der Waals surface area contributed by atoms with Crippen LogP contribution in [-0.2, 0) is 0 Å². The average Bonchev–Trinajstić information content (AvgIpc) is 3.15. The minimum Gasteiger partial charge on any atom is -0.391 e. The summed E-state index contributed by atoms with van der Waals surface area (Å²) >= 11 is 0. The Balaban J connectivity index is 0.00000132. The maximum atomic E-state index is 12.3. The summed E-state index contributed by atoms with van der Waals surface area (Å²) in [5.41, 5.74) is 1.38. The van der Waals surface area contributed by atoms with Crippen LogP contribution in [0, 0.1) is 5.92 Å². The van der Waals surface area contributed by atoms with Crippen molar-refractivity contribution in [2.24, 2.45) is 5.92 Å². The van der Waals surface area contributed by atoms with E-state index >= 15 is 0 Å². The van der Waals surface area contributed by atoms with Crippen molar-refractivity contribution in [3.63, 3.8) is 0 Å². The van der Waals surface area contributed by atoms with Gasteiger partial charge in [-0.2, -0.15) is 0 Å². The molecule has 1 amide bonds. The van der Waals surface area contributed by atoms with Crippen molar-refractivity contribution in [2.45, 2.75) is 6.10 Å². The Morgan fingerprint density at radius 1 is 1.30 bits per heavy atom. The van der Waals surface area contributed by atoms with Gasteiger partial charge in [0.1, 0.15) is 5.69 Å². The molecule has 0 aliphatic carbocycles. The molecular weight excluding hydrogens is 339 g/mol. The van der Waals surface area contributed by atoms with Gasteiger partial charge in [-0.1, -0.05) is 18.2 Å². The van der Waals surface area contributed by atoms with E-state index in [0.717, 1.165) is 12.2 Å². The lowest BCUT2D eigenvalue weighted by Crippen LogP contribution is -2.35. The van der Waals surface area contributed by atoms with E-state index in [1.54, 1.807) is 17.1 Å². The van der Waals surface area contributed by atoms with Crippen LogP contribution in [0.1, 0.15) is 10.5 Å². The highest BCUT2D eigenvalue weighted by atomic mass is 35.5. The van der Waals surface area contributed by atoms with Gasteiger partial charge >= 0.3 is 0 Å². The summed E-state index contributed by atoms with van der Waals surface area (Å²) in [7, 11) is 0. The van der Waals surface area contributed by atoms with Gasteiger partial charge in [-0.3, -0.25) is 9.36 Å². The number of aromatic nitrogens is 2. The lowest BCUT2D eigenvalue weighted by molar-refractivity contribution is 0.0920. The van der Waals surface area contributed by atoms with Crippen molar-refractivity contribution in [3.05, 3.63) is 48.5 Å². The lowest BCUT2D eigenvalue weighted by Gasteiger charge is -2.14. The van der Waals surface area contributed by atoms with Crippen LogP contribution < -0.4 is 10.6 Å². The molecule has 3 rings (SSSR count). The molecule has 1 aromatic carbocycles. The summed E-state index contributed by atoms with van der Waals surface area (Å²) in [6.07, 6.45) is 2.77. The second kappa shape index (κ2) is 8.88. The van der Waals surface area contributed by atoms with Crippen LogP contribution in [0.2, 0.25) is 0 Å². The van der Waals surface area contributed by atoms with Crippen LogP contribution in [0.4, 0.5) is 0 Å². The van der Waals surface area contributed by atoms with Crippen molar-refractivity contribution >= 4 is 30.7 Å². The summed E-state index contributed by atoms with van der Waals surface area (Å²) in [5.74, 6) is -0.127. The number of aliphatic hydroxyl groups is 1. The Hall–Kier alpha value is -1.60. The second-order valence-electron chi connectivity index (χ2n) is 5.18. The Morgan fingerprint density at radius 3 is 2.70 bits per heavy atom. The molecule has 0 bridgehead atoms. The average molecular weight is 359 g/mol. The fraction of sp³-hybridized carbons (Fsp3) is 0.333. The number of amides is 1. The van der Waals surface area contributed by atoms with Crippen LogP contribution in [0.5, 0.6) is 0 Å². The van der Waals surface area contributed by atoms with Gasteiger partial charge < -0.3 is 15.7 Å². The number of imidazole rings is 1. The summed E-state index contributed by atoms with van der Waals surface area (Å²) in [5, 5.41) is 15.7. The summed E-state index contributed by atoms with van der Waals surface area (Å²) in [4.78, 5) is 16.3. The number of carbonyl (C=O) groups is 1. The number of β-amino-alcohol motifs (C(OH)–C–C–N with tert-alkyl or cyclic N) is 1. The third-order valence-electron chi connectivity index (χ3n) is 3.73. The van der Waals surface area contributed by atoms with E-state index in [1.165, 1.54) is 0 Å². The molecule has 2 heterocycles. The SMILES string of the molecule is Cl.Cl.O=C(NCC1CNCC1O)c1cncn1-c1ccccc1. The molecule has 0 saturated carbocycles. The van der Waals surface area contributed by atoms with Crippen LogP contribution in [0.3, 0.4) is 0 Å². The van der Waals surface area contributed by atoms with Crippen molar-refractivity contribution in [1.29, 1.82) is 0 Å². The third kappa shape index (κ3) is 4.45. The van der Waals surface area contributed by atoms with E-state index in [4.69, 9.17) is 0 Å². The first-order valence-corrected chi connectivity index (χ1v) is 7.00. The van der Waals surface area contributed by atoms with Gasteiger partial charge in [0.15, 0.2) is 0 Å². The number of nitrogens with one attached hydrogen (secondary N) is 2. The van der Waals surface area contributed by atoms with Crippen LogP contribution in [0.25, 0.3) is 5.69 Å². The van der Waals surface area contributed by atoms with E-state index in [9.17, 15) is 9.90 Å². The number of carbonyl (C=O) groups excluding carboxylic acids is 1. The predicted octanol–water partition coefficient (Wildman–Crippen LogP) is 1.03. The quantitative estimate of drug-likeness (QED) is 0.762. The molecule has 1 aromatic heterocycles. The molecule has 0 spiro atoms. The van der Waals surface area contributed by atoms with Crippen LogP contribution in [-0.4, -0.2) is 46.3 Å². The molecule has 2 atom stereocenters. The maximum absolute atomic E-state index is 12.3. The minimum absolute atomic E-state index is 0. The van der Waals surface area contributed by atoms with E-state index < -0.39 is 6.10 Å². The molecule has 6 nitrogen and oxygen atoms in total. The Labute approximate surface area is 147 Å². The van der Waals surface area contributed by atoms with Gasteiger partial charge in [0.25, 0.3) is 5.91 Å². The first kappa shape index (κ1) is 19.4. The molecule has 1 aliphatic heterocycles. The van der Waals surface area contributed by atoms with Gasteiger partial charge in [-0.25, -0.2) is 4.98 Å². The molecular formula is C15H20Cl2N4O2. The molecule has 8 heteroatoms. The third-order valence-corrected chi connectivity index (χ3v) is 3.73. The van der Waals surface area contributed by atoms with Crippen molar-refractivity contribution < 1.29 is 9.90 Å². The molecule has 1 fully saturated rings. The van der Waals surface area contributed by atoms with Crippen LogP contribution in [0.15, 0.2) is 42.9 Å². The summed E-state index contributed by atoms with van der Waals surface area (Å²) in [6.45, 7) is 1.76. The number of rotatable bonds is 4. The molecule has 1 aliphatic rings. The van der Waals surface area contributed by atoms with Gasteiger partial charge in [-0.05, 0) is 12.1 Å². The Bertz CT molecular complexity index is 621. The number of halogens is 2. The Kier molecular flexibility index (Phi) is 7.51. The highest BCUT2D eigenvalue weighted by Gasteiger charge is 2.25. The summed E-state index contributed by atoms with van der Waals surface area (Å²) in [6, 6.07) is 9.59. The number of hydrogen-bond donors (Lipinski definition) is 3. The normalized spacial score (nSPS) is 19.5. The monoisotopic (exact) mass is 358 g/mol. The van der Waals surface area contributed by atoms with E-state index in [-0.39, 0.29) is 36.6 Å². The number of para-hydroxylation sites is 1. The highest BCUT2D eigenvalue weighted by molar-refractivity contribution is 5.93. The zero-order valence-corrected chi connectivity index (χ0v) is 14.0. The lowest BCUT2D eigenvalue weighted by atomic mass is 10.1. The standard InChI is InChI=1S/C15H18N4O2.2ClH/c20-14-9-16-6-11(14)7-18-15(21)13-8-17-10-19(13)12-4-2-1-3-5-12;;/h1-5,8,10-11,14,16,20H,6-7,9H2,(H,18,21);2*1H. The molecule has 0 radical (unpaired) electrons. The van der Waals surface area contributed by atoms with E-state index in [1.807, 2.05) is 30.3 Å². The first-order valence-electron chi connectivity index (χ1n) is 7.00. The largest absolute Gasteiger partial charge is 0.391 e. The molecule has 3 N–H and O–H groups in total. The van der Waals surface area contributed by atoms with Crippen molar-refractivity contribution in [3.8, 4) is 5.69 Å². The highest BCUT2D eigenvalue weighted by Crippen LogP contribution is 2.11. The second-order valence-corrected chi connectivity index (χ2v) is 5.18. The van der Waals surface area contributed by atoms with E-state index in [0.29, 0.717) is 18.8 Å². The molecule has 1 saturated heterocycles.